The SMILES string of the molecule is CCN1CCN(C(=O)c2cccc(-c3cncc(C(=O)Nc4ccccc4)n3)c2)CC1. The maximum atomic E-state index is 13.0. The van der Waals surface area contributed by atoms with Crippen molar-refractivity contribution in [3.8, 4) is 11.3 Å². The van der Waals surface area contributed by atoms with Gasteiger partial charge in [0.05, 0.1) is 18.1 Å². The fourth-order valence-electron chi connectivity index (χ4n) is 3.59. The number of hydrogen-bond donors (Lipinski definition) is 1. The summed E-state index contributed by atoms with van der Waals surface area (Å²) in [5, 5.41) is 2.81. The Morgan fingerprint density at radius 3 is 2.48 bits per heavy atom. The highest BCUT2D eigenvalue weighted by molar-refractivity contribution is 6.03. The molecule has 1 fully saturated rings. The maximum absolute atomic E-state index is 13.0. The van der Waals surface area contributed by atoms with Gasteiger partial charge in [0, 0.05) is 43.0 Å². The van der Waals surface area contributed by atoms with Gasteiger partial charge in [0.15, 0.2) is 0 Å². The van der Waals surface area contributed by atoms with Crippen LogP contribution in [0, 0.1) is 0 Å². The van der Waals surface area contributed by atoms with Crippen LogP contribution in [0.1, 0.15) is 27.8 Å². The molecule has 0 spiro atoms. The van der Waals surface area contributed by atoms with Gasteiger partial charge in [-0.3, -0.25) is 14.6 Å². The van der Waals surface area contributed by atoms with Gasteiger partial charge in [-0.2, -0.15) is 0 Å². The van der Waals surface area contributed by atoms with Crippen LogP contribution in [0.25, 0.3) is 11.3 Å². The van der Waals surface area contributed by atoms with Gasteiger partial charge in [0.2, 0.25) is 0 Å². The van der Waals surface area contributed by atoms with Crippen LogP contribution >= 0.6 is 0 Å². The van der Waals surface area contributed by atoms with E-state index in [1.54, 1.807) is 6.20 Å². The lowest BCUT2D eigenvalue weighted by atomic mass is 10.1. The Morgan fingerprint density at radius 2 is 1.74 bits per heavy atom. The first kappa shape index (κ1) is 20.7. The molecule has 7 nitrogen and oxygen atoms in total. The number of nitrogens with zero attached hydrogens (tertiary/aromatic N) is 4. The van der Waals surface area contributed by atoms with Crippen molar-refractivity contribution in [3.05, 3.63) is 78.2 Å². The molecule has 4 rings (SSSR count). The van der Waals surface area contributed by atoms with E-state index >= 15 is 0 Å². The minimum atomic E-state index is -0.332. The quantitative estimate of drug-likeness (QED) is 0.693. The number of benzene rings is 2. The van der Waals surface area contributed by atoms with E-state index in [2.05, 4.69) is 27.1 Å². The third-order valence-electron chi connectivity index (χ3n) is 5.41. The Morgan fingerprint density at radius 1 is 0.968 bits per heavy atom. The maximum Gasteiger partial charge on any atom is 0.275 e. The van der Waals surface area contributed by atoms with E-state index in [1.807, 2.05) is 59.5 Å². The zero-order valence-corrected chi connectivity index (χ0v) is 17.5. The Balaban J connectivity index is 1.51. The number of carbonyl (C=O) groups is 2. The summed E-state index contributed by atoms with van der Waals surface area (Å²) < 4.78 is 0. The molecule has 1 aliphatic heterocycles. The second kappa shape index (κ2) is 9.49. The molecule has 0 saturated carbocycles. The van der Waals surface area contributed by atoms with E-state index in [0.29, 0.717) is 16.9 Å². The van der Waals surface area contributed by atoms with Gasteiger partial charge in [-0.15, -0.1) is 0 Å². The summed E-state index contributed by atoms with van der Waals surface area (Å²) in [6.45, 7) is 6.39. The van der Waals surface area contributed by atoms with E-state index in [1.165, 1.54) is 6.20 Å². The number of piperazine rings is 1. The van der Waals surface area contributed by atoms with Crippen molar-refractivity contribution in [1.29, 1.82) is 0 Å². The molecule has 2 aromatic carbocycles. The van der Waals surface area contributed by atoms with Gasteiger partial charge in [0.25, 0.3) is 11.8 Å². The Labute approximate surface area is 181 Å². The predicted molar refractivity (Wildman–Crippen MR) is 120 cm³/mol. The van der Waals surface area contributed by atoms with Crippen LogP contribution in [-0.4, -0.2) is 64.3 Å². The van der Waals surface area contributed by atoms with Crippen LogP contribution in [0.2, 0.25) is 0 Å². The molecule has 1 saturated heterocycles. The second-order valence-electron chi connectivity index (χ2n) is 7.42. The van der Waals surface area contributed by atoms with Crippen molar-refractivity contribution in [2.45, 2.75) is 6.92 Å². The average molecular weight is 415 g/mol. The Hall–Kier alpha value is -3.58. The lowest BCUT2D eigenvalue weighted by Gasteiger charge is -2.34. The molecule has 2 heterocycles. The lowest BCUT2D eigenvalue weighted by Crippen LogP contribution is -2.48. The molecule has 0 atom stereocenters. The molecule has 0 unspecified atom stereocenters. The van der Waals surface area contributed by atoms with Crippen molar-refractivity contribution in [2.24, 2.45) is 0 Å². The van der Waals surface area contributed by atoms with Crippen LogP contribution < -0.4 is 5.32 Å². The van der Waals surface area contributed by atoms with E-state index in [4.69, 9.17) is 0 Å². The number of anilines is 1. The first-order valence-corrected chi connectivity index (χ1v) is 10.4. The lowest BCUT2D eigenvalue weighted by molar-refractivity contribution is 0.0643. The second-order valence-corrected chi connectivity index (χ2v) is 7.42. The van der Waals surface area contributed by atoms with E-state index in [0.717, 1.165) is 38.3 Å². The number of rotatable bonds is 5. The van der Waals surface area contributed by atoms with Gasteiger partial charge in [-0.05, 0) is 30.8 Å². The normalized spacial score (nSPS) is 14.3. The number of nitrogens with one attached hydrogen (secondary N) is 1. The van der Waals surface area contributed by atoms with Crippen molar-refractivity contribution >= 4 is 17.5 Å². The summed E-state index contributed by atoms with van der Waals surface area (Å²) in [4.78, 5) is 38.4. The highest BCUT2D eigenvalue weighted by atomic mass is 16.2. The molecular weight excluding hydrogens is 390 g/mol. The first-order chi connectivity index (χ1) is 15.1. The van der Waals surface area contributed by atoms with E-state index in [9.17, 15) is 9.59 Å². The molecule has 0 radical (unpaired) electrons. The first-order valence-electron chi connectivity index (χ1n) is 10.4. The van der Waals surface area contributed by atoms with E-state index in [-0.39, 0.29) is 17.5 Å². The molecule has 0 bridgehead atoms. The smallest absolute Gasteiger partial charge is 0.275 e. The summed E-state index contributed by atoms with van der Waals surface area (Å²) in [6, 6.07) is 16.5. The number of aromatic nitrogens is 2. The van der Waals surface area contributed by atoms with Gasteiger partial charge < -0.3 is 15.1 Å². The fraction of sp³-hybridized carbons (Fsp3) is 0.250. The summed E-state index contributed by atoms with van der Waals surface area (Å²) in [7, 11) is 0. The van der Waals surface area contributed by atoms with E-state index < -0.39 is 0 Å². The summed E-state index contributed by atoms with van der Waals surface area (Å²) in [5.74, 6) is -0.315. The zero-order chi connectivity index (χ0) is 21.6. The Bertz CT molecular complexity index is 1060. The van der Waals surface area contributed by atoms with Crippen molar-refractivity contribution in [3.63, 3.8) is 0 Å². The monoisotopic (exact) mass is 415 g/mol. The van der Waals surface area contributed by atoms with Crippen LogP contribution in [0.4, 0.5) is 5.69 Å². The number of amides is 2. The molecule has 3 aromatic rings. The number of para-hydroxylation sites is 1. The molecular formula is C24H25N5O2. The molecule has 158 valence electrons. The average Bonchev–Trinajstić information content (AvgIpc) is 2.84. The summed E-state index contributed by atoms with van der Waals surface area (Å²) in [5.41, 5.74) is 2.82. The molecule has 1 N–H and O–H groups in total. The molecule has 31 heavy (non-hydrogen) atoms. The molecule has 2 amide bonds. The topological polar surface area (TPSA) is 78.4 Å². The molecule has 1 aromatic heterocycles. The van der Waals surface area contributed by atoms with Gasteiger partial charge in [0.1, 0.15) is 5.69 Å². The largest absolute Gasteiger partial charge is 0.336 e. The van der Waals surface area contributed by atoms with Crippen LogP contribution in [0.5, 0.6) is 0 Å². The minimum Gasteiger partial charge on any atom is -0.336 e. The highest BCUT2D eigenvalue weighted by Gasteiger charge is 2.21. The standard InChI is InChI=1S/C24H25N5O2/c1-2-28-11-13-29(14-12-28)24(31)19-8-6-7-18(15-19)21-16-25-17-22(27-21)23(30)26-20-9-4-3-5-10-20/h3-10,15-17H,2,11-14H2,1H3,(H,26,30). The zero-order valence-electron chi connectivity index (χ0n) is 17.5. The fourth-order valence-corrected chi connectivity index (χ4v) is 3.59. The van der Waals surface area contributed by atoms with Gasteiger partial charge >= 0.3 is 0 Å². The number of carbonyl (C=O) groups excluding carboxylic acids is 2. The Kier molecular flexibility index (Phi) is 6.33. The third kappa shape index (κ3) is 4.95. The summed E-state index contributed by atoms with van der Waals surface area (Å²) in [6.07, 6.45) is 3.03. The minimum absolute atomic E-state index is 0.0172. The molecule has 1 aliphatic rings. The van der Waals surface area contributed by atoms with Crippen LogP contribution in [0.3, 0.4) is 0 Å². The number of hydrogen-bond acceptors (Lipinski definition) is 5. The van der Waals surface area contributed by atoms with Crippen molar-refractivity contribution < 1.29 is 9.59 Å². The molecule has 7 heteroatoms. The predicted octanol–water partition coefficient (Wildman–Crippen LogP) is 3.17. The van der Waals surface area contributed by atoms with Crippen molar-refractivity contribution in [2.75, 3.05) is 38.0 Å². The summed E-state index contributed by atoms with van der Waals surface area (Å²) >= 11 is 0. The van der Waals surface area contributed by atoms with Gasteiger partial charge in [-0.1, -0.05) is 37.3 Å². The van der Waals surface area contributed by atoms with Crippen LogP contribution in [0.15, 0.2) is 67.0 Å². The molecule has 0 aliphatic carbocycles. The number of likely N-dealkylation sites (N-methyl/N-ethyl adjacent to an activating group) is 1. The van der Waals surface area contributed by atoms with Gasteiger partial charge in [-0.25, -0.2) is 4.98 Å². The highest BCUT2D eigenvalue weighted by Crippen LogP contribution is 2.20. The van der Waals surface area contributed by atoms with Crippen LogP contribution in [-0.2, 0) is 0 Å². The van der Waals surface area contributed by atoms with Crippen molar-refractivity contribution in [1.82, 2.24) is 19.8 Å². The third-order valence-corrected chi connectivity index (χ3v) is 5.41.